The number of fused-ring (bicyclic) bond motifs is 1. The number of amides is 2. The van der Waals surface area contributed by atoms with Gasteiger partial charge in [-0.05, 0) is 74.8 Å². The molecule has 0 bridgehead atoms. The summed E-state index contributed by atoms with van der Waals surface area (Å²) >= 11 is 0. The zero-order valence-corrected chi connectivity index (χ0v) is 20.1. The largest absolute Gasteiger partial charge is 0.484 e. The first kappa shape index (κ1) is 24.6. The Balaban J connectivity index is 1.64. The topological polar surface area (TPSA) is 87.7 Å². The molecule has 6 heteroatoms. The fourth-order valence-electron chi connectivity index (χ4n) is 6.02. The van der Waals surface area contributed by atoms with Crippen LogP contribution in [0.15, 0.2) is 30.3 Å². The van der Waals surface area contributed by atoms with E-state index in [2.05, 4.69) is 24.5 Å². The Labute approximate surface area is 192 Å². The summed E-state index contributed by atoms with van der Waals surface area (Å²) in [4.78, 5) is 25.2. The van der Waals surface area contributed by atoms with Gasteiger partial charge in [0.15, 0.2) is 6.61 Å². The van der Waals surface area contributed by atoms with Crippen molar-refractivity contribution in [3.63, 3.8) is 0 Å². The summed E-state index contributed by atoms with van der Waals surface area (Å²) in [6.07, 6.45) is 3.16. The summed E-state index contributed by atoms with van der Waals surface area (Å²) in [6.45, 7) is 10.2. The number of carbonyl (C=O) groups is 2. The molecule has 178 valence electrons. The predicted octanol–water partition coefficient (Wildman–Crippen LogP) is 3.53. The molecule has 2 fully saturated rings. The fraction of sp³-hybridized carbons (Fsp3) is 0.692. The Bertz CT molecular complexity index is 783. The number of rotatable bonds is 7. The lowest BCUT2D eigenvalue weighted by Crippen LogP contribution is -2.59. The summed E-state index contributed by atoms with van der Waals surface area (Å²) in [5.74, 6) is 0.409. The first-order valence-corrected chi connectivity index (χ1v) is 12.1. The third kappa shape index (κ3) is 5.45. The van der Waals surface area contributed by atoms with E-state index in [0.717, 1.165) is 25.7 Å². The summed E-state index contributed by atoms with van der Waals surface area (Å²) in [5.41, 5.74) is 0.0331. The van der Waals surface area contributed by atoms with Gasteiger partial charge in [-0.3, -0.25) is 9.59 Å². The van der Waals surface area contributed by atoms with Crippen molar-refractivity contribution in [2.45, 2.75) is 78.5 Å². The summed E-state index contributed by atoms with van der Waals surface area (Å²) < 4.78 is 5.59. The second kappa shape index (κ2) is 10.2. The van der Waals surface area contributed by atoms with E-state index < -0.39 is 6.10 Å². The van der Waals surface area contributed by atoms with Crippen LogP contribution in [0.5, 0.6) is 5.75 Å². The normalized spacial score (nSPS) is 33.2. The van der Waals surface area contributed by atoms with Gasteiger partial charge in [-0.15, -0.1) is 0 Å². The fourth-order valence-corrected chi connectivity index (χ4v) is 6.02. The molecule has 7 atom stereocenters. The summed E-state index contributed by atoms with van der Waals surface area (Å²) in [5, 5.41) is 17.6. The van der Waals surface area contributed by atoms with E-state index in [4.69, 9.17) is 4.74 Å². The molecule has 3 rings (SSSR count). The van der Waals surface area contributed by atoms with Crippen LogP contribution in [0.4, 0.5) is 0 Å². The number of nitrogens with one attached hydrogen (secondary N) is 2. The van der Waals surface area contributed by atoms with Gasteiger partial charge in [-0.2, -0.15) is 0 Å². The maximum atomic E-state index is 12.6. The maximum Gasteiger partial charge on any atom is 0.258 e. The summed E-state index contributed by atoms with van der Waals surface area (Å²) in [6, 6.07) is 9.40. The van der Waals surface area contributed by atoms with E-state index in [-0.39, 0.29) is 59.6 Å². The highest BCUT2D eigenvalue weighted by Gasteiger charge is 2.53. The molecular formula is C26H40N2O4. The van der Waals surface area contributed by atoms with Crippen molar-refractivity contribution < 1.29 is 19.4 Å². The van der Waals surface area contributed by atoms with Crippen LogP contribution in [0.2, 0.25) is 0 Å². The maximum absolute atomic E-state index is 12.6. The number of ether oxygens (including phenoxy) is 1. The molecule has 0 heterocycles. The van der Waals surface area contributed by atoms with Gasteiger partial charge in [0.25, 0.3) is 5.91 Å². The monoisotopic (exact) mass is 444 g/mol. The van der Waals surface area contributed by atoms with Crippen molar-refractivity contribution in [2.24, 2.45) is 29.1 Å². The highest BCUT2D eigenvalue weighted by atomic mass is 16.5. The highest BCUT2D eigenvalue weighted by Crippen LogP contribution is 2.55. The van der Waals surface area contributed by atoms with Gasteiger partial charge in [-0.25, -0.2) is 0 Å². The van der Waals surface area contributed by atoms with Crippen molar-refractivity contribution in [3.05, 3.63) is 30.3 Å². The molecule has 2 saturated carbocycles. The lowest BCUT2D eigenvalue weighted by Gasteiger charge is -2.56. The van der Waals surface area contributed by atoms with Gasteiger partial charge >= 0.3 is 0 Å². The van der Waals surface area contributed by atoms with Crippen LogP contribution < -0.4 is 15.4 Å². The van der Waals surface area contributed by atoms with E-state index in [9.17, 15) is 14.7 Å². The first-order valence-electron chi connectivity index (χ1n) is 12.1. The Morgan fingerprint density at radius 3 is 2.47 bits per heavy atom. The van der Waals surface area contributed by atoms with E-state index in [1.54, 1.807) is 0 Å². The summed E-state index contributed by atoms with van der Waals surface area (Å²) in [7, 11) is 0. The van der Waals surface area contributed by atoms with E-state index in [1.165, 1.54) is 0 Å². The predicted molar refractivity (Wildman–Crippen MR) is 125 cm³/mol. The second-order valence-electron chi connectivity index (χ2n) is 10.5. The molecule has 2 aliphatic carbocycles. The van der Waals surface area contributed by atoms with Gasteiger partial charge in [0.1, 0.15) is 5.75 Å². The minimum absolute atomic E-state index is 0.00635. The molecule has 1 aromatic carbocycles. The Morgan fingerprint density at radius 2 is 1.81 bits per heavy atom. The molecule has 0 spiro atoms. The van der Waals surface area contributed by atoms with Gasteiger partial charge in [-0.1, -0.05) is 39.0 Å². The average Bonchev–Trinajstić information content (AvgIpc) is 2.74. The smallest absolute Gasteiger partial charge is 0.258 e. The molecule has 0 saturated heterocycles. The molecular weight excluding hydrogens is 404 g/mol. The SMILES string of the molecule is CC(C)NC(=O)[C@@H](C)[C@@H]1CC[C@@]2(C)CC[C@H](NC(=O)COc3ccccc3)[C@@H](C)[C@@H]2[C@H]1O. The van der Waals surface area contributed by atoms with Crippen LogP contribution in [0.25, 0.3) is 0 Å². The number of para-hydroxylation sites is 1. The van der Waals surface area contributed by atoms with Crippen LogP contribution in [-0.4, -0.2) is 41.7 Å². The molecule has 32 heavy (non-hydrogen) atoms. The highest BCUT2D eigenvalue weighted by molar-refractivity contribution is 5.79. The molecule has 2 aliphatic rings. The second-order valence-corrected chi connectivity index (χ2v) is 10.5. The number of aliphatic hydroxyl groups is 1. The van der Waals surface area contributed by atoms with Crippen LogP contribution in [0.1, 0.15) is 60.3 Å². The first-order chi connectivity index (χ1) is 15.1. The molecule has 0 aromatic heterocycles. The number of hydrogen-bond donors (Lipinski definition) is 3. The van der Waals surface area contributed by atoms with Crippen LogP contribution >= 0.6 is 0 Å². The van der Waals surface area contributed by atoms with E-state index in [1.807, 2.05) is 51.1 Å². The Hall–Kier alpha value is -2.08. The molecule has 0 unspecified atom stereocenters. The van der Waals surface area contributed by atoms with E-state index in [0.29, 0.717) is 5.75 Å². The molecule has 0 radical (unpaired) electrons. The molecule has 1 aromatic rings. The molecule has 2 amide bonds. The average molecular weight is 445 g/mol. The van der Waals surface area contributed by atoms with Crippen molar-refractivity contribution in [1.82, 2.24) is 10.6 Å². The van der Waals surface area contributed by atoms with Crippen LogP contribution in [-0.2, 0) is 9.59 Å². The third-order valence-electron chi connectivity index (χ3n) is 7.83. The van der Waals surface area contributed by atoms with Gasteiger partial charge < -0.3 is 20.5 Å². The minimum atomic E-state index is -0.558. The number of aliphatic hydroxyl groups excluding tert-OH is 1. The van der Waals surface area contributed by atoms with E-state index >= 15 is 0 Å². The Kier molecular flexibility index (Phi) is 7.86. The van der Waals surface area contributed by atoms with Crippen molar-refractivity contribution in [1.29, 1.82) is 0 Å². The lowest BCUT2D eigenvalue weighted by atomic mass is 9.51. The van der Waals surface area contributed by atoms with Crippen molar-refractivity contribution >= 4 is 11.8 Å². The van der Waals surface area contributed by atoms with Crippen molar-refractivity contribution in [2.75, 3.05) is 6.61 Å². The van der Waals surface area contributed by atoms with Crippen LogP contribution in [0, 0.1) is 29.1 Å². The van der Waals surface area contributed by atoms with Gasteiger partial charge in [0.2, 0.25) is 5.91 Å². The van der Waals surface area contributed by atoms with Gasteiger partial charge in [0, 0.05) is 18.0 Å². The standard InChI is InChI=1S/C26H40N2O4/c1-16(2)27-25(31)17(3)20-11-13-26(5)14-12-21(18(4)23(26)24(20)30)28-22(29)15-32-19-9-7-6-8-10-19/h6-10,16-18,20-21,23-24,30H,11-15H2,1-5H3,(H,27,31)(H,28,29)/t17-,18+,20-,21-,23+,24-,26-/m0/s1. The number of carbonyl (C=O) groups excluding carboxylic acids is 2. The van der Waals surface area contributed by atoms with Crippen molar-refractivity contribution in [3.8, 4) is 5.75 Å². The zero-order chi connectivity index (χ0) is 23.5. The Morgan fingerprint density at radius 1 is 1.16 bits per heavy atom. The van der Waals surface area contributed by atoms with Crippen LogP contribution in [0.3, 0.4) is 0 Å². The number of benzene rings is 1. The molecule has 6 nitrogen and oxygen atoms in total. The quantitative estimate of drug-likeness (QED) is 0.600. The number of hydrogen-bond acceptors (Lipinski definition) is 4. The molecule has 0 aliphatic heterocycles. The van der Waals surface area contributed by atoms with Gasteiger partial charge in [0.05, 0.1) is 6.10 Å². The molecule has 3 N–H and O–H groups in total. The lowest BCUT2D eigenvalue weighted by molar-refractivity contribution is -0.144. The minimum Gasteiger partial charge on any atom is -0.484 e. The zero-order valence-electron chi connectivity index (χ0n) is 20.1. The third-order valence-corrected chi connectivity index (χ3v) is 7.83.